The molecule has 2 heterocycles. The normalized spacial score (nSPS) is 12.8. The Morgan fingerprint density at radius 2 is 2.28 bits per heavy atom. The molecule has 0 radical (unpaired) electrons. The maximum atomic E-state index is 5.80. The van der Waals surface area contributed by atoms with Crippen LogP contribution in [0.1, 0.15) is 36.5 Å². The monoisotopic (exact) mass is 247 g/mol. The molecule has 0 aliphatic rings. The molecule has 98 valence electrons. The van der Waals surface area contributed by atoms with Gasteiger partial charge in [-0.2, -0.15) is 5.10 Å². The number of nitrogens with zero attached hydrogens (tertiary/aromatic N) is 2. The Balaban J connectivity index is 1.96. The molecule has 4 nitrogen and oxygen atoms in total. The molecule has 0 amide bonds. The molecule has 18 heavy (non-hydrogen) atoms. The van der Waals surface area contributed by atoms with Crippen molar-refractivity contribution in [2.45, 2.75) is 32.2 Å². The van der Waals surface area contributed by atoms with Crippen LogP contribution in [0, 0.1) is 0 Å². The number of hydrogen-bond donors (Lipinski definition) is 1. The van der Waals surface area contributed by atoms with E-state index in [4.69, 9.17) is 4.42 Å². The van der Waals surface area contributed by atoms with E-state index in [0.717, 1.165) is 30.8 Å². The predicted molar refractivity (Wildman–Crippen MR) is 71.4 cm³/mol. The van der Waals surface area contributed by atoms with Crippen LogP contribution < -0.4 is 5.32 Å². The summed E-state index contributed by atoms with van der Waals surface area (Å²) in [5.74, 6) is 2.07. The van der Waals surface area contributed by atoms with Gasteiger partial charge in [0.2, 0.25) is 0 Å². The van der Waals surface area contributed by atoms with Crippen molar-refractivity contribution in [1.82, 2.24) is 15.1 Å². The first kappa shape index (κ1) is 12.9. The van der Waals surface area contributed by atoms with Gasteiger partial charge in [-0.15, -0.1) is 0 Å². The first-order valence-corrected chi connectivity index (χ1v) is 6.46. The molecule has 0 saturated carbocycles. The summed E-state index contributed by atoms with van der Waals surface area (Å²) >= 11 is 0. The molecule has 1 unspecified atom stereocenters. The second-order valence-electron chi connectivity index (χ2n) is 4.56. The zero-order valence-electron chi connectivity index (χ0n) is 11.3. The average Bonchev–Trinajstić information content (AvgIpc) is 2.99. The van der Waals surface area contributed by atoms with Crippen molar-refractivity contribution in [3.05, 3.63) is 41.6 Å². The number of rotatable bonds is 6. The van der Waals surface area contributed by atoms with Crippen molar-refractivity contribution in [2.24, 2.45) is 7.05 Å². The molecular formula is C14H21N3O. The predicted octanol–water partition coefficient (Wildman–Crippen LogP) is 2.47. The van der Waals surface area contributed by atoms with Gasteiger partial charge in [-0.25, -0.2) is 0 Å². The van der Waals surface area contributed by atoms with E-state index in [0.29, 0.717) is 0 Å². The highest BCUT2D eigenvalue weighted by Crippen LogP contribution is 2.21. The van der Waals surface area contributed by atoms with E-state index >= 15 is 0 Å². The third-order valence-electron chi connectivity index (χ3n) is 3.20. The van der Waals surface area contributed by atoms with Gasteiger partial charge < -0.3 is 9.73 Å². The van der Waals surface area contributed by atoms with Crippen molar-refractivity contribution in [3.8, 4) is 0 Å². The second-order valence-corrected chi connectivity index (χ2v) is 4.56. The van der Waals surface area contributed by atoms with Crippen molar-refractivity contribution in [1.29, 1.82) is 0 Å². The molecule has 2 aromatic heterocycles. The largest absolute Gasteiger partial charge is 0.464 e. The lowest BCUT2D eigenvalue weighted by molar-refractivity contribution is 0.395. The quantitative estimate of drug-likeness (QED) is 0.852. The third kappa shape index (κ3) is 3.01. The van der Waals surface area contributed by atoms with Gasteiger partial charge in [-0.05, 0) is 37.6 Å². The van der Waals surface area contributed by atoms with Crippen LogP contribution in [0.25, 0.3) is 0 Å². The van der Waals surface area contributed by atoms with Gasteiger partial charge in [0.1, 0.15) is 11.5 Å². The van der Waals surface area contributed by atoms with E-state index < -0.39 is 0 Å². The van der Waals surface area contributed by atoms with Gasteiger partial charge in [-0.3, -0.25) is 4.68 Å². The number of hydrogen-bond acceptors (Lipinski definition) is 3. The van der Waals surface area contributed by atoms with E-state index in [1.54, 1.807) is 0 Å². The van der Waals surface area contributed by atoms with Crippen LogP contribution in [0.5, 0.6) is 0 Å². The van der Waals surface area contributed by atoms with E-state index in [2.05, 4.69) is 35.7 Å². The fourth-order valence-electron chi connectivity index (χ4n) is 2.11. The number of furan rings is 1. The minimum Gasteiger partial charge on any atom is -0.464 e. The first-order valence-electron chi connectivity index (χ1n) is 6.46. The Labute approximate surface area is 108 Å². The van der Waals surface area contributed by atoms with Crippen molar-refractivity contribution < 1.29 is 4.42 Å². The van der Waals surface area contributed by atoms with Crippen LogP contribution in [-0.2, 0) is 19.9 Å². The molecule has 1 atom stereocenters. The summed E-state index contributed by atoms with van der Waals surface area (Å²) in [5, 5.41) is 7.50. The Bertz CT molecular complexity index is 487. The zero-order chi connectivity index (χ0) is 13.0. The Morgan fingerprint density at radius 3 is 2.83 bits per heavy atom. The fraction of sp³-hybridized carbons (Fsp3) is 0.500. The Morgan fingerprint density at radius 1 is 1.44 bits per heavy atom. The maximum Gasteiger partial charge on any atom is 0.121 e. The van der Waals surface area contributed by atoms with Crippen LogP contribution >= 0.6 is 0 Å². The van der Waals surface area contributed by atoms with Crippen molar-refractivity contribution in [3.63, 3.8) is 0 Å². The topological polar surface area (TPSA) is 43.0 Å². The SMILES string of the molecule is CCc1ccc(C(CCc2cnn(C)c2)NC)o1. The van der Waals surface area contributed by atoms with E-state index in [9.17, 15) is 0 Å². The smallest absolute Gasteiger partial charge is 0.121 e. The summed E-state index contributed by atoms with van der Waals surface area (Å²) in [6.45, 7) is 2.10. The highest BCUT2D eigenvalue weighted by Gasteiger charge is 2.13. The molecule has 0 aliphatic carbocycles. The van der Waals surface area contributed by atoms with Gasteiger partial charge in [-0.1, -0.05) is 6.92 Å². The average molecular weight is 247 g/mol. The van der Waals surface area contributed by atoms with Crippen LogP contribution in [0.4, 0.5) is 0 Å². The highest BCUT2D eigenvalue weighted by atomic mass is 16.3. The van der Waals surface area contributed by atoms with Crippen molar-refractivity contribution in [2.75, 3.05) is 7.05 Å². The molecule has 2 rings (SSSR count). The van der Waals surface area contributed by atoms with E-state index in [1.165, 1.54) is 5.56 Å². The second kappa shape index (κ2) is 5.87. The zero-order valence-corrected chi connectivity index (χ0v) is 11.3. The minimum atomic E-state index is 0.269. The summed E-state index contributed by atoms with van der Waals surface area (Å²) in [5.41, 5.74) is 1.26. The summed E-state index contributed by atoms with van der Waals surface area (Å²) < 4.78 is 7.64. The van der Waals surface area contributed by atoms with E-state index in [1.807, 2.05) is 25.0 Å². The Hall–Kier alpha value is -1.55. The summed E-state index contributed by atoms with van der Waals surface area (Å²) in [4.78, 5) is 0. The molecule has 0 fully saturated rings. The molecule has 2 aromatic rings. The third-order valence-corrected chi connectivity index (χ3v) is 3.20. The lowest BCUT2D eigenvalue weighted by atomic mass is 10.1. The van der Waals surface area contributed by atoms with Crippen LogP contribution in [0.2, 0.25) is 0 Å². The first-order chi connectivity index (χ1) is 8.72. The summed E-state index contributed by atoms with van der Waals surface area (Å²) in [6.07, 6.45) is 6.94. The maximum absolute atomic E-state index is 5.80. The number of aromatic nitrogens is 2. The molecule has 0 saturated heterocycles. The van der Waals surface area contributed by atoms with Gasteiger partial charge in [0.15, 0.2) is 0 Å². The number of aryl methyl sites for hydroxylation is 3. The standard InChI is InChI=1S/C14H21N3O/c1-4-12-6-8-14(18-12)13(15-2)7-5-11-9-16-17(3)10-11/h6,8-10,13,15H,4-5,7H2,1-3H3. The molecule has 4 heteroatoms. The Kier molecular flexibility index (Phi) is 4.20. The van der Waals surface area contributed by atoms with Gasteiger partial charge >= 0.3 is 0 Å². The van der Waals surface area contributed by atoms with Crippen LogP contribution in [0.3, 0.4) is 0 Å². The molecule has 0 aromatic carbocycles. The molecule has 1 N–H and O–H groups in total. The van der Waals surface area contributed by atoms with Gasteiger partial charge in [0, 0.05) is 19.7 Å². The molecule has 0 spiro atoms. The summed E-state index contributed by atoms with van der Waals surface area (Å²) in [7, 11) is 3.92. The number of nitrogens with one attached hydrogen (secondary N) is 1. The van der Waals surface area contributed by atoms with Crippen LogP contribution in [0.15, 0.2) is 28.9 Å². The van der Waals surface area contributed by atoms with E-state index in [-0.39, 0.29) is 6.04 Å². The highest BCUT2D eigenvalue weighted by molar-refractivity contribution is 5.12. The lowest BCUT2D eigenvalue weighted by Crippen LogP contribution is -2.16. The van der Waals surface area contributed by atoms with Gasteiger partial charge in [0.05, 0.1) is 12.2 Å². The van der Waals surface area contributed by atoms with Gasteiger partial charge in [0.25, 0.3) is 0 Å². The lowest BCUT2D eigenvalue weighted by Gasteiger charge is -2.12. The molecular weight excluding hydrogens is 226 g/mol. The summed E-state index contributed by atoms with van der Waals surface area (Å²) in [6, 6.07) is 4.40. The fourth-order valence-corrected chi connectivity index (χ4v) is 2.11. The minimum absolute atomic E-state index is 0.269. The van der Waals surface area contributed by atoms with Crippen LogP contribution in [-0.4, -0.2) is 16.8 Å². The molecule has 0 aliphatic heterocycles. The van der Waals surface area contributed by atoms with Crippen molar-refractivity contribution >= 4 is 0 Å². The molecule has 0 bridgehead atoms.